The maximum absolute atomic E-state index is 14.1. The van der Waals surface area contributed by atoms with E-state index < -0.39 is 29.8 Å². The number of carbonyl (C=O) groups excluding carboxylic acids is 1. The lowest BCUT2D eigenvalue weighted by Gasteiger charge is -2.10. The molecule has 1 amide bonds. The van der Waals surface area contributed by atoms with Gasteiger partial charge in [0.2, 0.25) is 11.7 Å². The molecule has 1 aromatic carbocycles. The number of aromatic nitrogens is 2. The summed E-state index contributed by atoms with van der Waals surface area (Å²) in [5.74, 6) is -3.15. The number of alkyl halides is 3. The van der Waals surface area contributed by atoms with E-state index in [0.717, 1.165) is 12.5 Å². The van der Waals surface area contributed by atoms with Crippen LogP contribution in [0.1, 0.15) is 24.3 Å². The molecule has 2 aromatic rings. The molecular formula is C15H13F4N3O3. The first-order chi connectivity index (χ1) is 11.8. The predicted octanol–water partition coefficient (Wildman–Crippen LogP) is 2.69. The van der Waals surface area contributed by atoms with Crippen molar-refractivity contribution in [2.24, 2.45) is 0 Å². The van der Waals surface area contributed by atoms with Crippen LogP contribution < -0.4 is 5.32 Å². The molecule has 2 heterocycles. The van der Waals surface area contributed by atoms with E-state index in [1.807, 2.05) is 0 Å². The number of halogens is 4. The number of ether oxygens (including phenoxy) is 1. The van der Waals surface area contributed by atoms with Crippen LogP contribution in [0.5, 0.6) is 0 Å². The lowest BCUT2D eigenvalue weighted by molar-refractivity contribution is -0.159. The van der Waals surface area contributed by atoms with Gasteiger partial charge in [-0.2, -0.15) is 18.2 Å². The molecule has 1 aromatic heterocycles. The van der Waals surface area contributed by atoms with Crippen LogP contribution in [0.2, 0.25) is 0 Å². The van der Waals surface area contributed by atoms with Gasteiger partial charge in [-0.25, -0.2) is 4.39 Å². The lowest BCUT2D eigenvalue weighted by Crippen LogP contribution is -2.33. The molecule has 1 unspecified atom stereocenters. The third-order valence-corrected chi connectivity index (χ3v) is 3.63. The van der Waals surface area contributed by atoms with Gasteiger partial charge in [-0.1, -0.05) is 11.2 Å². The average Bonchev–Trinajstić information content (AvgIpc) is 3.23. The van der Waals surface area contributed by atoms with Crippen molar-refractivity contribution in [2.45, 2.75) is 31.7 Å². The van der Waals surface area contributed by atoms with E-state index in [-0.39, 0.29) is 18.0 Å². The van der Waals surface area contributed by atoms with Crippen LogP contribution in [-0.2, 0) is 22.3 Å². The lowest BCUT2D eigenvalue weighted by atomic mass is 10.1. The minimum absolute atomic E-state index is 0.0654. The molecule has 0 spiro atoms. The number of nitrogens with one attached hydrogen (secondary N) is 1. The normalized spacial score (nSPS) is 17.7. The molecule has 10 heteroatoms. The van der Waals surface area contributed by atoms with Crippen LogP contribution in [-0.4, -0.2) is 28.8 Å². The fraction of sp³-hybridized carbons (Fsp3) is 0.400. The van der Waals surface area contributed by atoms with Crippen LogP contribution >= 0.6 is 0 Å². The third-order valence-electron chi connectivity index (χ3n) is 3.63. The molecular weight excluding hydrogens is 346 g/mol. The molecule has 1 aliphatic heterocycles. The Balaban J connectivity index is 1.68. The fourth-order valence-corrected chi connectivity index (χ4v) is 2.39. The SMILES string of the molecule is O=C(NCc1ccc(-c2noc(C(F)(F)F)n2)c(F)c1)C1CCCO1. The van der Waals surface area contributed by atoms with Gasteiger partial charge in [0.25, 0.3) is 0 Å². The monoisotopic (exact) mass is 359 g/mol. The Hall–Kier alpha value is -2.49. The standard InChI is InChI=1S/C15H13F4N3O3/c16-10-6-8(7-20-13(23)11-2-1-5-24-11)3-4-9(10)12-21-14(25-22-12)15(17,18)19/h3-4,6,11H,1-2,5,7H2,(H,20,23). The van der Waals surface area contributed by atoms with Gasteiger partial charge < -0.3 is 14.6 Å². The summed E-state index contributed by atoms with van der Waals surface area (Å²) in [5, 5.41) is 5.76. The number of carbonyl (C=O) groups is 1. The van der Waals surface area contributed by atoms with Crippen molar-refractivity contribution in [1.82, 2.24) is 15.5 Å². The Morgan fingerprint density at radius 3 is 2.76 bits per heavy atom. The van der Waals surface area contributed by atoms with Gasteiger partial charge in [-0.15, -0.1) is 0 Å². The zero-order chi connectivity index (χ0) is 18.0. The smallest absolute Gasteiger partial charge is 0.368 e. The third kappa shape index (κ3) is 3.95. The highest BCUT2D eigenvalue weighted by Crippen LogP contribution is 2.30. The first-order valence-electron chi connectivity index (χ1n) is 7.43. The van der Waals surface area contributed by atoms with Crippen molar-refractivity contribution < 1.29 is 31.6 Å². The van der Waals surface area contributed by atoms with Crippen LogP contribution in [0.25, 0.3) is 11.4 Å². The van der Waals surface area contributed by atoms with Gasteiger partial charge in [0.1, 0.15) is 11.9 Å². The van der Waals surface area contributed by atoms with E-state index in [4.69, 9.17) is 4.74 Å². The Kier molecular flexibility index (Phi) is 4.71. The molecule has 134 valence electrons. The maximum Gasteiger partial charge on any atom is 0.471 e. The zero-order valence-corrected chi connectivity index (χ0v) is 12.8. The van der Waals surface area contributed by atoms with E-state index in [1.54, 1.807) is 0 Å². The summed E-state index contributed by atoms with van der Waals surface area (Å²) in [6.45, 7) is 0.599. The van der Waals surface area contributed by atoms with Crippen LogP contribution in [0.4, 0.5) is 17.6 Å². The van der Waals surface area contributed by atoms with Crippen molar-refractivity contribution in [1.29, 1.82) is 0 Å². The zero-order valence-electron chi connectivity index (χ0n) is 12.8. The predicted molar refractivity (Wildman–Crippen MR) is 75.5 cm³/mol. The number of hydrogen-bond donors (Lipinski definition) is 1. The number of hydrogen-bond acceptors (Lipinski definition) is 5. The van der Waals surface area contributed by atoms with Crippen LogP contribution in [0.15, 0.2) is 22.7 Å². The quantitative estimate of drug-likeness (QED) is 0.850. The van der Waals surface area contributed by atoms with Gasteiger partial charge in [-0.05, 0) is 30.5 Å². The van der Waals surface area contributed by atoms with E-state index in [1.165, 1.54) is 12.1 Å². The second kappa shape index (κ2) is 6.79. The van der Waals surface area contributed by atoms with E-state index in [0.29, 0.717) is 18.6 Å². The molecule has 1 aliphatic rings. The summed E-state index contributed by atoms with van der Waals surface area (Å²) in [4.78, 5) is 15.0. The van der Waals surface area contributed by atoms with Gasteiger partial charge in [0, 0.05) is 13.2 Å². The largest absolute Gasteiger partial charge is 0.471 e. The Morgan fingerprint density at radius 2 is 2.16 bits per heavy atom. The highest BCUT2D eigenvalue weighted by atomic mass is 19.4. The van der Waals surface area contributed by atoms with E-state index in [2.05, 4.69) is 20.0 Å². The molecule has 0 saturated carbocycles. The molecule has 1 atom stereocenters. The number of amides is 1. The van der Waals surface area contributed by atoms with Crippen molar-refractivity contribution >= 4 is 5.91 Å². The Bertz CT molecular complexity index is 770. The van der Waals surface area contributed by atoms with Crippen LogP contribution in [0, 0.1) is 5.82 Å². The van der Waals surface area contributed by atoms with E-state index >= 15 is 0 Å². The highest BCUT2D eigenvalue weighted by Gasteiger charge is 2.38. The van der Waals surface area contributed by atoms with Crippen molar-refractivity contribution in [3.63, 3.8) is 0 Å². The minimum atomic E-state index is -4.80. The summed E-state index contributed by atoms with van der Waals surface area (Å²) in [5.41, 5.74) is 0.209. The van der Waals surface area contributed by atoms with Crippen molar-refractivity contribution in [3.8, 4) is 11.4 Å². The summed E-state index contributed by atoms with van der Waals surface area (Å²) in [6.07, 6.45) is -3.84. The summed E-state index contributed by atoms with van der Waals surface area (Å²) >= 11 is 0. The van der Waals surface area contributed by atoms with Crippen molar-refractivity contribution in [3.05, 3.63) is 35.5 Å². The second-order valence-corrected chi connectivity index (χ2v) is 5.45. The van der Waals surface area contributed by atoms with Gasteiger partial charge >= 0.3 is 12.1 Å². The molecule has 0 aliphatic carbocycles. The molecule has 25 heavy (non-hydrogen) atoms. The molecule has 0 radical (unpaired) electrons. The first-order valence-corrected chi connectivity index (χ1v) is 7.43. The summed E-state index contributed by atoms with van der Waals surface area (Å²) in [6, 6.07) is 3.78. The maximum atomic E-state index is 14.1. The minimum Gasteiger partial charge on any atom is -0.368 e. The number of benzene rings is 1. The molecule has 3 rings (SSSR count). The number of nitrogens with zero attached hydrogens (tertiary/aromatic N) is 2. The molecule has 1 fully saturated rings. The molecule has 6 nitrogen and oxygen atoms in total. The van der Waals surface area contributed by atoms with Crippen LogP contribution in [0.3, 0.4) is 0 Å². The second-order valence-electron chi connectivity index (χ2n) is 5.45. The van der Waals surface area contributed by atoms with Crippen molar-refractivity contribution in [2.75, 3.05) is 6.61 Å². The number of rotatable bonds is 4. The molecule has 0 bridgehead atoms. The summed E-state index contributed by atoms with van der Waals surface area (Å²) < 4.78 is 60.8. The highest BCUT2D eigenvalue weighted by molar-refractivity contribution is 5.80. The molecule has 1 N–H and O–H groups in total. The van der Waals surface area contributed by atoms with E-state index in [9.17, 15) is 22.4 Å². The Morgan fingerprint density at radius 1 is 1.36 bits per heavy atom. The van der Waals surface area contributed by atoms with Gasteiger partial charge in [0.15, 0.2) is 0 Å². The average molecular weight is 359 g/mol. The van der Waals surface area contributed by atoms with Gasteiger partial charge in [0.05, 0.1) is 5.56 Å². The fourth-order valence-electron chi connectivity index (χ4n) is 2.39. The topological polar surface area (TPSA) is 77.3 Å². The first kappa shape index (κ1) is 17.3. The molecule has 1 saturated heterocycles. The van der Waals surface area contributed by atoms with Gasteiger partial charge in [-0.3, -0.25) is 4.79 Å². The Labute approximate surface area is 139 Å². The summed E-state index contributed by atoms with van der Waals surface area (Å²) in [7, 11) is 0.